The third-order valence-electron chi connectivity index (χ3n) is 10.5. The second-order valence-corrected chi connectivity index (χ2v) is 16.7. The fourth-order valence-corrected chi connectivity index (χ4v) is 9.79. The van der Waals surface area contributed by atoms with Crippen LogP contribution in [0.2, 0.25) is 10.0 Å². The zero-order valence-corrected chi connectivity index (χ0v) is 33.5. The molecule has 2 atom stereocenters. The van der Waals surface area contributed by atoms with Crippen LogP contribution in [-0.2, 0) is 14.8 Å². The van der Waals surface area contributed by atoms with Crippen molar-refractivity contribution in [3.8, 4) is 5.75 Å². The Balaban J connectivity index is 0.00000497. The highest BCUT2D eigenvalue weighted by Gasteiger charge is 2.45. The van der Waals surface area contributed by atoms with E-state index in [0.717, 1.165) is 62.7 Å². The van der Waals surface area contributed by atoms with Crippen molar-refractivity contribution in [2.45, 2.75) is 68.8 Å². The Kier molecular flexibility index (Phi) is 13.0. The molecule has 3 saturated heterocycles. The van der Waals surface area contributed by atoms with E-state index >= 15 is 4.79 Å². The lowest BCUT2D eigenvalue weighted by Gasteiger charge is -2.35. The number of sulfonamides is 1. The molecule has 54 heavy (non-hydrogen) atoms. The van der Waals surface area contributed by atoms with E-state index in [1.165, 1.54) is 0 Å². The highest BCUT2D eigenvalue weighted by atomic mass is 35.5. The number of nitrogens with one attached hydrogen (secondary N) is 1. The fraction of sp³-hybridized carbons (Fsp3) is 0.462. The van der Waals surface area contributed by atoms with Gasteiger partial charge >= 0.3 is 6.03 Å². The Hall–Kier alpha value is -3.55. The van der Waals surface area contributed by atoms with Crippen LogP contribution in [0.3, 0.4) is 0 Å². The summed E-state index contributed by atoms with van der Waals surface area (Å²) in [5, 5.41) is 3.98. The Morgan fingerprint density at radius 3 is 2.09 bits per heavy atom. The van der Waals surface area contributed by atoms with E-state index in [2.05, 4.69) is 10.2 Å². The van der Waals surface area contributed by atoms with Gasteiger partial charge in [0, 0.05) is 68.3 Å². The van der Waals surface area contributed by atoms with E-state index in [1.54, 1.807) is 44.4 Å². The molecule has 0 spiro atoms. The van der Waals surface area contributed by atoms with E-state index < -0.39 is 22.1 Å². The summed E-state index contributed by atoms with van der Waals surface area (Å²) in [7, 11) is -3.94. The quantitative estimate of drug-likeness (QED) is 0.253. The number of aliphatic imine (C=N–C) groups is 1. The van der Waals surface area contributed by atoms with Crippen LogP contribution in [0.25, 0.3) is 0 Å². The lowest BCUT2D eigenvalue weighted by atomic mass is 9.93. The molecule has 0 saturated carbocycles. The first-order valence-electron chi connectivity index (χ1n) is 18.7. The maximum Gasteiger partial charge on any atom is 0.326 e. The highest BCUT2D eigenvalue weighted by Crippen LogP contribution is 2.47. The minimum atomic E-state index is -3.94. The first kappa shape index (κ1) is 40.1. The van der Waals surface area contributed by atoms with Crippen molar-refractivity contribution in [2.75, 3.05) is 57.3 Å². The number of piperidine rings is 2. The number of hydrogen-bond acceptors (Lipinski definition) is 7. The van der Waals surface area contributed by atoms with Gasteiger partial charge in [0.15, 0.2) is 0 Å². The van der Waals surface area contributed by atoms with E-state index in [1.807, 2.05) is 37.3 Å². The Morgan fingerprint density at radius 1 is 0.852 bits per heavy atom. The zero-order chi connectivity index (χ0) is 37.1. The summed E-state index contributed by atoms with van der Waals surface area (Å²) in [6.07, 6.45) is 5.76. The van der Waals surface area contributed by atoms with Gasteiger partial charge in [-0.2, -0.15) is 4.31 Å². The maximum absolute atomic E-state index is 15.0. The summed E-state index contributed by atoms with van der Waals surface area (Å²) in [4.78, 5) is 38.4. The number of nitrogens with zero attached hydrogens (tertiary/aromatic N) is 5. The molecule has 290 valence electrons. The van der Waals surface area contributed by atoms with Crippen LogP contribution in [0.1, 0.15) is 80.6 Å². The standard InChI is InChI=1S/C39H46Cl2N6O5S.ClH/c1-2-52-33-26-32(44-19-5-3-6-20-44)34(53(50,51)46-21-7-4-8-22-46)25-31(33)38-43-36(27-9-13-29(40)14-10-27)37(28-11-15-30(41)16-12-28)47(38)39(49)45-23-17-35(48)42-18-24-45;/h9-16,25-26,36-37H,2-8,17-24H2,1H3,(H,42,48);1H/t36-,37+;/m1./s1. The van der Waals surface area contributed by atoms with Gasteiger partial charge in [0.05, 0.1) is 23.9 Å². The molecule has 0 aliphatic carbocycles. The number of amides is 3. The molecule has 1 N–H and O–H groups in total. The monoisotopic (exact) mass is 816 g/mol. The molecule has 7 rings (SSSR count). The van der Waals surface area contributed by atoms with E-state index in [4.69, 9.17) is 32.9 Å². The molecule has 0 radical (unpaired) electrons. The maximum atomic E-state index is 15.0. The second kappa shape index (κ2) is 17.5. The van der Waals surface area contributed by atoms with Gasteiger partial charge in [-0.3, -0.25) is 14.7 Å². The van der Waals surface area contributed by atoms with Gasteiger partial charge in [-0.25, -0.2) is 13.2 Å². The third-order valence-corrected chi connectivity index (χ3v) is 12.9. The largest absolute Gasteiger partial charge is 0.493 e. The van der Waals surface area contributed by atoms with E-state index in [-0.39, 0.29) is 42.2 Å². The van der Waals surface area contributed by atoms with Crippen LogP contribution >= 0.6 is 35.6 Å². The minimum Gasteiger partial charge on any atom is -0.493 e. The van der Waals surface area contributed by atoms with Crippen LogP contribution in [0, 0.1) is 0 Å². The predicted octanol–water partition coefficient (Wildman–Crippen LogP) is 7.47. The number of urea groups is 1. The number of carbonyl (C=O) groups is 2. The first-order chi connectivity index (χ1) is 25.7. The number of rotatable bonds is 8. The van der Waals surface area contributed by atoms with Gasteiger partial charge in [-0.15, -0.1) is 12.4 Å². The van der Waals surface area contributed by atoms with Gasteiger partial charge < -0.3 is 19.9 Å². The molecule has 3 amide bonds. The van der Waals surface area contributed by atoms with Crippen molar-refractivity contribution < 1.29 is 22.7 Å². The molecule has 3 aromatic carbocycles. The Labute approximate surface area is 334 Å². The average Bonchev–Trinajstić information content (AvgIpc) is 3.43. The highest BCUT2D eigenvalue weighted by molar-refractivity contribution is 7.89. The van der Waals surface area contributed by atoms with Crippen LogP contribution < -0.4 is 15.0 Å². The van der Waals surface area contributed by atoms with Crippen molar-refractivity contribution in [2.24, 2.45) is 4.99 Å². The van der Waals surface area contributed by atoms with Crippen LogP contribution in [0.15, 0.2) is 70.6 Å². The Bertz CT molecular complexity index is 1950. The topological polar surface area (TPSA) is 115 Å². The molecule has 15 heteroatoms. The van der Waals surface area contributed by atoms with Crippen LogP contribution in [0.4, 0.5) is 10.5 Å². The number of amidine groups is 1. The van der Waals surface area contributed by atoms with Crippen molar-refractivity contribution >= 4 is 69.1 Å². The summed E-state index contributed by atoms with van der Waals surface area (Å²) in [6.45, 7) is 5.40. The summed E-state index contributed by atoms with van der Waals surface area (Å²) >= 11 is 12.7. The molecular formula is C39H47Cl3N6O5S. The summed E-state index contributed by atoms with van der Waals surface area (Å²) in [5.74, 6) is 0.618. The molecule has 0 unspecified atom stereocenters. The zero-order valence-electron chi connectivity index (χ0n) is 30.4. The summed E-state index contributed by atoms with van der Waals surface area (Å²) in [5.41, 5.74) is 2.63. The third kappa shape index (κ3) is 8.33. The fourth-order valence-electron chi connectivity index (χ4n) is 7.80. The smallest absolute Gasteiger partial charge is 0.326 e. The summed E-state index contributed by atoms with van der Waals surface area (Å²) in [6, 6.07) is 16.7. The van der Waals surface area contributed by atoms with E-state index in [0.29, 0.717) is 65.7 Å². The van der Waals surface area contributed by atoms with Crippen LogP contribution in [0.5, 0.6) is 5.75 Å². The number of ether oxygens (including phenoxy) is 1. The molecule has 0 aromatic heterocycles. The lowest BCUT2D eigenvalue weighted by Crippen LogP contribution is -2.47. The Morgan fingerprint density at radius 2 is 1.46 bits per heavy atom. The molecule has 3 fully saturated rings. The molecule has 11 nitrogen and oxygen atoms in total. The van der Waals surface area contributed by atoms with Crippen molar-refractivity contribution in [3.63, 3.8) is 0 Å². The molecule has 3 aromatic rings. The van der Waals surface area contributed by atoms with E-state index in [9.17, 15) is 13.2 Å². The molecule has 4 aliphatic heterocycles. The summed E-state index contributed by atoms with van der Waals surface area (Å²) < 4.78 is 37.4. The number of anilines is 1. The number of hydrogen-bond donors (Lipinski definition) is 1. The molecule has 4 heterocycles. The van der Waals surface area contributed by atoms with Gasteiger partial charge in [0.25, 0.3) is 0 Å². The van der Waals surface area contributed by atoms with Crippen LogP contribution in [-0.4, -0.2) is 92.7 Å². The SMILES string of the molecule is CCOc1cc(N2CCCCC2)c(S(=O)(=O)N2CCCCC2)cc1C1=N[C@H](c2ccc(Cl)cc2)[C@H](c2ccc(Cl)cc2)N1C(=O)N1CCNC(=O)CC1.Cl. The molecular weight excluding hydrogens is 771 g/mol. The average molecular weight is 818 g/mol. The second-order valence-electron chi connectivity index (χ2n) is 13.9. The van der Waals surface area contributed by atoms with Crippen molar-refractivity contribution in [1.29, 1.82) is 0 Å². The van der Waals surface area contributed by atoms with Crippen molar-refractivity contribution in [1.82, 2.24) is 19.4 Å². The number of benzene rings is 3. The molecule has 4 aliphatic rings. The first-order valence-corrected chi connectivity index (χ1v) is 20.8. The predicted molar refractivity (Wildman–Crippen MR) is 215 cm³/mol. The van der Waals surface area contributed by atoms with Gasteiger partial charge in [0.2, 0.25) is 15.9 Å². The molecule has 0 bridgehead atoms. The van der Waals surface area contributed by atoms with Gasteiger partial charge in [-0.1, -0.05) is 53.9 Å². The number of halogens is 3. The van der Waals surface area contributed by atoms with Crippen molar-refractivity contribution in [3.05, 3.63) is 87.4 Å². The van der Waals surface area contributed by atoms with Gasteiger partial charge in [0.1, 0.15) is 22.5 Å². The normalized spacial score (nSPS) is 21.2. The number of carbonyl (C=O) groups excluding carboxylic acids is 2. The van der Waals surface area contributed by atoms with Gasteiger partial charge in [-0.05, 0) is 80.5 Å². The lowest BCUT2D eigenvalue weighted by molar-refractivity contribution is -0.120. The minimum absolute atomic E-state index is 0.